The number of fused-ring (bicyclic) bond motifs is 1. The van der Waals surface area contributed by atoms with E-state index < -0.39 is 41.2 Å². The summed E-state index contributed by atoms with van der Waals surface area (Å²) in [6, 6.07) is 4.37. The molecule has 0 saturated carbocycles. The fraction of sp³-hybridized carbons (Fsp3) is 0.458. The van der Waals surface area contributed by atoms with E-state index in [0.29, 0.717) is 18.2 Å². The minimum absolute atomic E-state index is 0.0342. The third-order valence-electron chi connectivity index (χ3n) is 6.45. The highest BCUT2D eigenvalue weighted by Crippen LogP contribution is 2.28. The molecule has 2 aromatic rings. The number of nitrogens with zero attached hydrogens (tertiary/aromatic N) is 2. The van der Waals surface area contributed by atoms with Crippen LogP contribution in [0.5, 0.6) is 0 Å². The summed E-state index contributed by atoms with van der Waals surface area (Å²) in [6.45, 7) is 2.13. The zero-order valence-corrected chi connectivity index (χ0v) is 20.8. The fourth-order valence-electron chi connectivity index (χ4n) is 4.66. The van der Waals surface area contributed by atoms with Gasteiger partial charge in [-0.3, -0.25) is 14.4 Å². The lowest BCUT2D eigenvalue weighted by Gasteiger charge is -2.47. The molecule has 16 heteroatoms. The van der Waals surface area contributed by atoms with Crippen LogP contribution in [0.25, 0.3) is 0 Å². The van der Waals surface area contributed by atoms with Gasteiger partial charge in [0.05, 0.1) is 12.0 Å². The van der Waals surface area contributed by atoms with Gasteiger partial charge in [-0.05, 0) is 43.9 Å². The number of amides is 2. The Morgan fingerprint density at radius 3 is 2.35 bits per heavy atom. The number of carboxylic acid groups (broad SMARTS) is 1. The molecule has 0 unspecified atom stereocenters. The summed E-state index contributed by atoms with van der Waals surface area (Å²) in [7, 11) is 0. The number of H-pyrrole nitrogens is 2. The first-order chi connectivity index (χ1) is 18.5. The number of aromatic nitrogens is 2. The van der Waals surface area contributed by atoms with Crippen molar-refractivity contribution < 1.29 is 55.3 Å². The second-order valence-electron chi connectivity index (χ2n) is 9.36. The molecular formula is C24H23F7N4O5. The molecule has 2 amide bonds. The maximum atomic E-state index is 14.5. The van der Waals surface area contributed by atoms with Crippen molar-refractivity contribution in [3.63, 3.8) is 0 Å². The van der Waals surface area contributed by atoms with Gasteiger partial charge >= 0.3 is 17.9 Å². The van der Waals surface area contributed by atoms with Gasteiger partial charge in [0.15, 0.2) is 0 Å². The lowest BCUT2D eigenvalue weighted by Crippen LogP contribution is -2.61. The second kappa shape index (κ2) is 11.6. The smallest absolute Gasteiger partial charge is 0.430 e. The zero-order chi connectivity index (χ0) is 30.0. The molecule has 1 aromatic heterocycles. The predicted molar refractivity (Wildman–Crippen MR) is 119 cm³/mol. The van der Waals surface area contributed by atoms with E-state index in [0.717, 1.165) is 25.3 Å². The van der Waals surface area contributed by atoms with Gasteiger partial charge in [-0.1, -0.05) is 6.07 Å². The Balaban J connectivity index is 0.000000559. The van der Waals surface area contributed by atoms with Crippen LogP contribution >= 0.6 is 0 Å². The van der Waals surface area contributed by atoms with Crippen molar-refractivity contribution in [3.05, 3.63) is 62.8 Å². The average molecular weight is 580 g/mol. The molecule has 9 nitrogen and oxygen atoms in total. The molecule has 40 heavy (non-hydrogen) atoms. The number of hydrogen-bond donors (Lipinski definition) is 1. The van der Waals surface area contributed by atoms with Crippen LogP contribution in [0.2, 0.25) is 0 Å². The van der Waals surface area contributed by atoms with E-state index >= 15 is 0 Å². The van der Waals surface area contributed by atoms with Crippen LogP contribution < -0.4 is 15.8 Å². The van der Waals surface area contributed by atoms with Crippen LogP contribution in [0, 0.1) is 5.82 Å². The van der Waals surface area contributed by atoms with Crippen LogP contribution in [0.4, 0.5) is 30.7 Å². The Labute approximate surface area is 221 Å². The summed E-state index contributed by atoms with van der Waals surface area (Å²) in [5, 5.41) is 13.1. The normalized spacial score (nSPS) is 19.4. The predicted octanol–water partition coefficient (Wildman–Crippen LogP) is 1.46. The molecule has 0 aliphatic carbocycles. The number of carbonyl (C=O) groups is 3. The molecule has 2 fully saturated rings. The van der Waals surface area contributed by atoms with Crippen LogP contribution in [-0.4, -0.2) is 64.0 Å². The lowest BCUT2D eigenvalue weighted by atomic mass is 9.93. The Morgan fingerprint density at radius 1 is 1.10 bits per heavy atom. The number of benzene rings is 1. The Bertz CT molecular complexity index is 1340. The molecule has 3 heterocycles. The average Bonchev–Trinajstić information content (AvgIpc) is 2.85. The van der Waals surface area contributed by atoms with E-state index in [-0.39, 0.29) is 42.2 Å². The Hall–Kier alpha value is -3.98. The lowest BCUT2D eigenvalue weighted by molar-refractivity contribution is -0.467. The molecule has 218 valence electrons. The maximum Gasteiger partial charge on any atom is 0.430 e. The summed E-state index contributed by atoms with van der Waals surface area (Å²) in [5.41, 5.74) is -2.51. The number of carboxylic acids is 1. The number of hydrogen-bond acceptors (Lipinski definition) is 5. The molecular weight excluding hydrogens is 557 g/mol. The third kappa shape index (κ3) is 7.15. The molecule has 0 spiro atoms. The van der Waals surface area contributed by atoms with Gasteiger partial charge in [-0.15, -0.1) is 10.2 Å². The van der Waals surface area contributed by atoms with Gasteiger partial charge < -0.3 is 19.7 Å². The number of nitrogens with one attached hydrogen (secondary N) is 2. The van der Waals surface area contributed by atoms with Gasteiger partial charge in [-0.25, -0.2) is 4.39 Å². The number of carbonyl (C=O) groups excluding carboxylic acids is 3. The first kappa shape index (κ1) is 30.6. The van der Waals surface area contributed by atoms with Crippen molar-refractivity contribution in [1.29, 1.82) is 0 Å². The van der Waals surface area contributed by atoms with Gasteiger partial charge in [0, 0.05) is 24.7 Å². The standard InChI is InChI=1S/C22H22F4N4O3.C2HF3O2/c1-12-3-2-4-15-10-29(11-19(31)30(12)15)21(33)16-8-13(5-6-18(16)23)7-14-9-17(22(24,25)26)20(32)28-27-14;3-2(4,5)1(6)7/h5-6,8-9,12,15H,2-4,7,10-11H2,1H3,(H,28,32);(H,6,7)/t12-,15+;/m1./s1. The number of piperidine rings is 1. The topological polar surface area (TPSA) is 128 Å². The third-order valence-corrected chi connectivity index (χ3v) is 6.45. The molecule has 0 radical (unpaired) electrons. The highest BCUT2D eigenvalue weighted by molar-refractivity contribution is 5.97. The summed E-state index contributed by atoms with van der Waals surface area (Å²) in [4.78, 5) is 49.1. The number of rotatable bonds is 3. The minimum Gasteiger partial charge on any atom is -0.542 e. The first-order valence-electron chi connectivity index (χ1n) is 11.9. The Kier molecular flexibility index (Phi) is 8.89. The van der Waals surface area contributed by atoms with Gasteiger partial charge in [0.1, 0.15) is 23.9 Å². The highest BCUT2D eigenvalue weighted by Gasteiger charge is 2.40. The number of aromatic amines is 2. The van der Waals surface area contributed by atoms with E-state index in [4.69, 9.17) is 9.90 Å². The van der Waals surface area contributed by atoms with Crippen LogP contribution in [0.15, 0.2) is 29.1 Å². The molecule has 4 rings (SSSR count). The number of aliphatic carboxylic acids is 1. The number of piperazine rings is 1. The van der Waals surface area contributed by atoms with Crippen molar-refractivity contribution in [3.8, 4) is 0 Å². The molecule has 0 bridgehead atoms. The molecule has 1 aromatic carbocycles. The van der Waals surface area contributed by atoms with Gasteiger partial charge in [0.25, 0.3) is 5.91 Å². The van der Waals surface area contributed by atoms with Crippen molar-refractivity contribution in [1.82, 2.24) is 14.9 Å². The molecule has 2 aliphatic rings. The van der Waals surface area contributed by atoms with Gasteiger partial charge in [-0.2, -0.15) is 26.3 Å². The highest BCUT2D eigenvalue weighted by atomic mass is 19.4. The quantitative estimate of drug-likeness (QED) is 0.550. The molecule has 2 atom stereocenters. The zero-order valence-electron chi connectivity index (χ0n) is 20.8. The number of alkyl halides is 6. The van der Waals surface area contributed by atoms with Gasteiger partial charge in [0.2, 0.25) is 11.6 Å². The number of halogens is 7. The van der Waals surface area contributed by atoms with Crippen molar-refractivity contribution in [2.24, 2.45) is 0 Å². The SMILES string of the molecule is C[C@@H]1CCC[C@H]2CN(C(=O)c3cc(Cc4cc(C(F)(F)F)c(=O)[nH][nH+]4)ccc3F)CC(=O)N21.O=C([O-])C(F)(F)F. The summed E-state index contributed by atoms with van der Waals surface area (Å²) in [6.07, 6.45) is -7.51. The second-order valence-corrected chi connectivity index (χ2v) is 9.36. The van der Waals surface area contributed by atoms with Crippen molar-refractivity contribution in [2.75, 3.05) is 13.1 Å². The molecule has 2 aliphatic heterocycles. The van der Waals surface area contributed by atoms with Crippen LogP contribution in [0.1, 0.15) is 53.4 Å². The Morgan fingerprint density at radius 2 is 1.75 bits per heavy atom. The largest absolute Gasteiger partial charge is 0.542 e. The molecule has 2 N–H and O–H groups in total. The van der Waals surface area contributed by atoms with Crippen molar-refractivity contribution >= 4 is 17.8 Å². The summed E-state index contributed by atoms with van der Waals surface area (Å²) >= 11 is 0. The van der Waals surface area contributed by atoms with E-state index in [1.54, 1.807) is 0 Å². The summed E-state index contributed by atoms with van der Waals surface area (Å²) in [5.74, 6) is -4.60. The fourth-order valence-corrected chi connectivity index (χ4v) is 4.66. The van der Waals surface area contributed by atoms with Crippen LogP contribution in [0.3, 0.4) is 0 Å². The van der Waals surface area contributed by atoms with E-state index in [2.05, 4.69) is 5.10 Å². The van der Waals surface area contributed by atoms with E-state index in [1.165, 1.54) is 17.0 Å². The molecule has 2 saturated heterocycles. The summed E-state index contributed by atoms with van der Waals surface area (Å²) < 4.78 is 85.1. The van der Waals surface area contributed by atoms with Crippen LogP contribution in [-0.2, 0) is 22.2 Å². The van der Waals surface area contributed by atoms with E-state index in [9.17, 15) is 45.1 Å². The monoisotopic (exact) mass is 580 g/mol. The minimum atomic E-state index is -5.19. The van der Waals surface area contributed by atoms with E-state index in [1.807, 2.05) is 16.9 Å². The maximum absolute atomic E-state index is 14.5. The van der Waals surface area contributed by atoms with Crippen molar-refractivity contribution in [2.45, 2.75) is 57.0 Å². The first-order valence-corrected chi connectivity index (χ1v) is 11.9.